The van der Waals surface area contributed by atoms with E-state index in [9.17, 15) is 19.5 Å². The second kappa shape index (κ2) is 12.3. The molecular formula is C30H40N4O5. The van der Waals surface area contributed by atoms with Crippen molar-refractivity contribution < 1.29 is 24.2 Å². The number of amides is 2. The maximum Gasteiger partial charge on any atom is 0.338 e. The Kier molecular flexibility index (Phi) is 9.04. The highest BCUT2D eigenvalue weighted by Gasteiger charge is 2.31. The number of carbonyl (C=O) groups is 3. The molecule has 0 radical (unpaired) electrons. The number of hydrogen-bond acceptors (Lipinski definition) is 7. The fourth-order valence-electron chi connectivity index (χ4n) is 5.12. The van der Waals surface area contributed by atoms with Crippen LogP contribution in [0.2, 0.25) is 0 Å². The van der Waals surface area contributed by atoms with Crippen LogP contribution >= 0.6 is 0 Å². The van der Waals surface area contributed by atoms with E-state index in [4.69, 9.17) is 10.5 Å². The summed E-state index contributed by atoms with van der Waals surface area (Å²) in [6, 6.07) is 13.7. The molecule has 2 amide bonds. The number of nitrogens with two attached hydrogens (primary N) is 1. The van der Waals surface area contributed by atoms with Crippen molar-refractivity contribution in [1.82, 2.24) is 4.90 Å². The summed E-state index contributed by atoms with van der Waals surface area (Å²) in [6.45, 7) is 7.26. The second-order valence-corrected chi connectivity index (χ2v) is 11.5. The van der Waals surface area contributed by atoms with E-state index in [0.717, 1.165) is 43.5 Å². The highest BCUT2D eigenvalue weighted by molar-refractivity contribution is 5.96. The van der Waals surface area contributed by atoms with Gasteiger partial charge in [-0.3, -0.25) is 14.5 Å². The Morgan fingerprint density at radius 1 is 1.03 bits per heavy atom. The summed E-state index contributed by atoms with van der Waals surface area (Å²) in [4.78, 5) is 41.8. The van der Waals surface area contributed by atoms with Gasteiger partial charge in [0.25, 0.3) is 0 Å². The molecule has 2 fully saturated rings. The molecule has 4 rings (SSSR count). The molecule has 0 spiro atoms. The van der Waals surface area contributed by atoms with Gasteiger partial charge >= 0.3 is 5.97 Å². The standard InChI is InChI=1S/C30H40N4O5/c1-30(2,3)39-29(38)21-6-8-22(9-7-21)32-28(37)26(31)18-20-4-10-24(11-5-20)34-17-16-33(19-27(34)36)23-12-14-25(35)15-13-23/h4-11,23,25-26,35H,12-19,31H2,1-3H3,(H,32,37). The SMILES string of the molecule is CC(C)(C)OC(=O)c1ccc(NC(=O)C(N)Cc2ccc(N3CCN(C4CCC(O)CC4)CC3=O)cc2)cc1. The van der Waals surface area contributed by atoms with Gasteiger partial charge in [0.2, 0.25) is 11.8 Å². The van der Waals surface area contributed by atoms with Gasteiger partial charge in [-0.05, 0) is 94.8 Å². The first-order valence-corrected chi connectivity index (χ1v) is 13.7. The smallest absolute Gasteiger partial charge is 0.338 e. The minimum atomic E-state index is -0.763. The Labute approximate surface area is 230 Å². The van der Waals surface area contributed by atoms with E-state index in [-0.39, 0.29) is 17.9 Å². The van der Waals surface area contributed by atoms with Crippen molar-refractivity contribution in [3.63, 3.8) is 0 Å². The summed E-state index contributed by atoms with van der Waals surface area (Å²) < 4.78 is 5.36. The fourth-order valence-corrected chi connectivity index (χ4v) is 5.12. The van der Waals surface area contributed by atoms with Crippen molar-refractivity contribution in [3.8, 4) is 0 Å². The number of anilines is 2. The van der Waals surface area contributed by atoms with Crippen LogP contribution in [-0.4, -0.2) is 71.2 Å². The molecule has 1 saturated heterocycles. The molecule has 1 aliphatic heterocycles. The Hall–Kier alpha value is -3.27. The number of piperazine rings is 1. The number of aliphatic hydroxyl groups excluding tert-OH is 1. The van der Waals surface area contributed by atoms with Crippen LogP contribution in [0, 0.1) is 0 Å². The Morgan fingerprint density at radius 3 is 2.26 bits per heavy atom. The Bertz CT molecular complexity index is 1150. The van der Waals surface area contributed by atoms with Crippen LogP contribution in [0.25, 0.3) is 0 Å². The molecular weight excluding hydrogens is 496 g/mol. The van der Waals surface area contributed by atoms with Crippen molar-refractivity contribution in [3.05, 3.63) is 59.7 Å². The molecule has 1 heterocycles. The van der Waals surface area contributed by atoms with Gasteiger partial charge in [0.05, 0.1) is 24.3 Å². The monoisotopic (exact) mass is 536 g/mol. The Morgan fingerprint density at radius 2 is 1.67 bits per heavy atom. The molecule has 2 aliphatic rings. The van der Waals surface area contributed by atoms with Gasteiger partial charge in [-0.1, -0.05) is 12.1 Å². The van der Waals surface area contributed by atoms with Crippen LogP contribution in [0.15, 0.2) is 48.5 Å². The molecule has 0 aromatic heterocycles. The van der Waals surface area contributed by atoms with Crippen LogP contribution in [0.1, 0.15) is 62.4 Å². The molecule has 9 nitrogen and oxygen atoms in total. The molecule has 210 valence electrons. The number of rotatable bonds is 7. The Balaban J connectivity index is 1.26. The zero-order chi connectivity index (χ0) is 28.2. The van der Waals surface area contributed by atoms with Gasteiger partial charge in [-0.15, -0.1) is 0 Å². The van der Waals surface area contributed by atoms with Crippen LogP contribution in [0.4, 0.5) is 11.4 Å². The molecule has 9 heteroatoms. The molecule has 4 N–H and O–H groups in total. The highest BCUT2D eigenvalue weighted by atomic mass is 16.6. The molecule has 1 atom stereocenters. The predicted octanol–water partition coefficient (Wildman–Crippen LogP) is 3.10. The largest absolute Gasteiger partial charge is 0.456 e. The van der Waals surface area contributed by atoms with Crippen molar-refractivity contribution in [2.75, 3.05) is 29.9 Å². The zero-order valence-electron chi connectivity index (χ0n) is 23.1. The number of esters is 1. The number of hydrogen-bond donors (Lipinski definition) is 3. The van der Waals surface area contributed by atoms with Gasteiger partial charge in [0.1, 0.15) is 5.60 Å². The summed E-state index contributed by atoms with van der Waals surface area (Å²) in [6.07, 6.45) is 3.63. The lowest BCUT2D eigenvalue weighted by molar-refractivity contribution is -0.122. The van der Waals surface area contributed by atoms with Gasteiger partial charge < -0.3 is 25.8 Å². The van der Waals surface area contributed by atoms with Crippen molar-refractivity contribution in [2.24, 2.45) is 5.73 Å². The first kappa shape index (κ1) is 28.7. The lowest BCUT2D eigenvalue weighted by Gasteiger charge is -2.40. The molecule has 39 heavy (non-hydrogen) atoms. The van der Waals surface area contributed by atoms with E-state index in [1.165, 1.54) is 0 Å². The summed E-state index contributed by atoms with van der Waals surface area (Å²) in [5.74, 6) is -0.673. The summed E-state index contributed by atoms with van der Waals surface area (Å²) in [5.41, 5.74) is 8.27. The number of nitrogens with one attached hydrogen (secondary N) is 1. The second-order valence-electron chi connectivity index (χ2n) is 11.5. The number of benzene rings is 2. The average molecular weight is 537 g/mol. The molecule has 2 aromatic carbocycles. The third-order valence-corrected chi connectivity index (χ3v) is 7.26. The molecule has 0 bridgehead atoms. The average Bonchev–Trinajstić information content (AvgIpc) is 2.89. The zero-order valence-corrected chi connectivity index (χ0v) is 23.1. The van der Waals surface area contributed by atoms with Crippen LogP contribution in [0.5, 0.6) is 0 Å². The lowest BCUT2D eigenvalue weighted by Crippen LogP contribution is -2.54. The summed E-state index contributed by atoms with van der Waals surface area (Å²) in [7, 11) is 0. The molecule has 1 saturated carbocycles. The number of carbonyl (C=O) groups excluding carboxylic acids is 3. The van der Waals surface area contributed by atoms with Crippen molar-refractivity contribution in [2.45, 2.75) is 76.7 Å². The minimum absolute atomic E-state index is 0.0777. The molecule has 2 aromatic rings. The maximum absolute atomic E-state index is 12.9. The van der Waals surface area contributed by atoms with Gasteiger partial charge in [0.15, 0.2) is 0 Å². The normalized spacial score (nSPS) is 21.4. The topological polar surface area (TPSA) is 125 Å². The summed E-state index contributed by atoms with van der Waals surface area (Å²) in [5, 5.41) is 12.5. The van der Waals surface area contributed by atoms with E-state index >= 15 is 0 Å². The van der Waals surface area contributed by atoms with Crippen LogP contribution in [-0.2, 0) is 20.7 Å². The lowest BCUT2D eigenvalue weighted by atomic mass is 9.91. The molecule has 1 unspecified atom stereocenters. The first-order chi connectivity index (χ1) is 18.5. The van der Waals surface area contributed by atoms with Gasteiger partial charge in [-0.2, -0.15) is 0 Å². The first-order valence-electron chi connectivity index (χ1n) is 13.7. The van der Waals surface area contributed by atoms with Gasteiger partial charge in [-0.25, -0.2) is 4.79 Å². The number of ether oxygens (including phenoxy) is 1. The number of nitrogens with zero attached hydrogens (tertiary/aromatic N) is 2. The van der Waals surface area contributed by atoms with E-state index < -0.39 is 17.6 Å². The summed E-state index contributed by atoms with van der Waals surface area (Å²) >= 11 is 0. The van der Waals surface area contributed by atoms with Crippen LogP contribution in [0.3, 0.4) is 0 Å². The number of aliphatic hydroxyl groups is 1. The van der Waals surface area contributed by atoms with E-state index in [2.05, 4.69) is 10.2 Å². The van der Waals surface area contributed by atoms with Crippen LogP contribution < -0.4 is 16.0 Å². The van der Waals surface area contributed by atoms with Crippen molar-refractivity contribution in [1.29, 1.82) is 0 Å². The quantitative estimate of drug-likeness (QED) is 0.465. The minimum Gasteiger partial charge on any atom is -0.456 e. The van der Waals surface area contributed by atoms with E-state index in [0.29, 0.717) is 36.8 Å². The van der Waals surface area contributed by atoms with Gasteiger partial charge in [0, 0.05) is 30.5 Å². The third kappa shape index (κ3) is 7.88. The predicted molar refractivity (Wildman–Crippen MR) is 151 cm³/mol. The fraction of sp³-hybridized carbons (Fsp3) is 0.500. The third-order valence-electron chi connectivity index (χ3n) is 7.26. The van der Waals surface area contributed by atoms with E-state index in [1.807, 2.05) is 29.2 Å². The molecule has 1 aliphatic carbocycles. The highest BCUT2D eigenvalue weighted by Crippen LogP contribution is 2.26. The van der Waals surface area contributed by atoms with Crippen molar-refractivity contribution >= 4 is 29.2 Å². The maximum atomic E-state index is 12.9. The van der Waals surface area contributed by atoms with E-state index in [1.54, 1.807) is 45.0 Å².